The molecular weight excluding hydrogens is 307 g/mol. The fourth-order valence-corrected chi connectivity index (χ4v) is 2.15. The van der Waals surface area contributed by atoms with Crippen molar-refractivity contribution in [3.05, 3.63) is 24.3 Å². The van der Waals surface area contributed by atoms with Gasteiger partial charge in [-0.3, -0.25) is 4.79 Å². The third-order valence-corrected chi connectivity index (χ3v) is 3.70. The van der Waals surface area contributed by atoms with Crippen molar-refractivity contribution in [2.75, 3.05) is 5.32 Å². The first-order valence-electron chi connectivity index (χ1n) is 4.67. The van der Waals surface area contributed by atoms with Gasteiger partial charge in [0.05, 0.1) is 0 Å². The van der Waals surface area contributed by atoms with E-state index in [0.29, 0.717) is 5.69 Å². The summed E-state index contributed by atoms with van der Waals surface area (Å²) in [5.74, 6) is -0.309. The van der Waals surface area contributed by atoms with Crippen LogP contribution >= 0.6 is 12.0 Å². The van der Waals surface area contributed by atoms with E-state index in [9.17, 15) is 26.4 Å². The van der Waals surface area contributed by atoms with Crippen LogP contribution < -0.4 is 5.32 Å². The maximum absolute atomic E-state index is 12.0. The van der Waals surface area contributed by atoms with Crippen molar-refractivity contribution >= 4 is 33.8 Å². The summed E-state index contributed by atoms with van der Waals surface area (Å²) < 4.78 is 60.9. The number of carbonyl (C=O) groups excluding carboxylic acids is 1. The number of alkyl halides is 3. The van der Waals surface area contributed by atoms with Crippen molar-refractivity contribution < 1.29 is 30.0 Å². The highest BCUT2D eigenvalue weighted by atomic mass is 32.3. The first-order valence-corrected chi connectivity index (χ1v) is 6.82. The van der Waals surface area contributed by atoms with E-state index in [0.717, 1.165) is 0 Å². The lowest BCUT2D eigenvalue weighted by Crippen LogP contribution is -2.23. The highest BCUT2D eigenvalue weighted by Gasteiger charge is 2.47. The molecule has 0 unspecified atom stereocenters. The minimum atomic E-state index is -5.63. The van der Waals surface area contributed by atoms with E-state index in [4.69, 9.17) is 0 Å². The summed E-state index contributed by atoms with van der Waals surface area (Å²) in [6, 6.07) is 5.41. The van der Waals surface area contributed by atoms with Crippen molar-refractivity contribution in [1.29, 1.82) is 0 Å². The van der Waals surface area contributed by atoms with E-state index in [2.05, 4.69) is 8.95 Å². The van der Waals surface area contributed by atoms with Crippen LogP contribution in [0.1, 0.15) is 6.92 Å². The van der Waals surface area contributed by atoms with Gasteiger partial charge in [0.25, 0.3) is 0 Å². The maximum atomic E-state index is 12.0. The highest BCUT2D eigenvalue weighted by molar-refractivity contribution is 8.04. The van der Waals surface area contributed by atoms with Gasteiger partial charge in [0.2, 0.25) is 5.91 Å². The molecule has 0 radical (unpaired) electrons. The van der Waals surface area contributed by atoms with Gasteiger partial charge in [-0.2, -0.15) is 25.2 Å². The van der Waals surface area contributed by atoms with Crippen molar-refractivity contribution in [3.8, 4) is 0 Å². The van der Waals surface area contributed by atoms with E-state index in [1.165, 1.54) is 31.2 Å². The van der Waals surface area contributed by atoms with Crippen LogP contribution in [0, 0.1) is 0 Å². The van der Waals surface area contributed by atoms with Crippen LogP contribution in [0.4, 0.5) is 18.9 Å². The topological polar surface area (TPSA) is 72.5 Å². The molecule has 1 N–H and O–H groups in total. The van der Waals surface area contributed by atoms with Crippen LogP contribution in [0.3, 0.4) is 0 Å². The largest absolute Gasteiger partial charge is 0.524 e. The minimum absolute atomic E-state index is 0.0612. The Hall–Kier alpha value is -1.26. The Morgan fingerprint density at radius 1 is 1.26 bits per heavy atom. The lowest BCUT2D eigenvalue weighted by atomic mass is 10.3. The van der Waals surface area contributed by atoms with Gasteiger partial charge in [-0.15, -0.1) is 0 Å². The number of hydrogen-bond acceptors (Lipinski definition) is 5. The Morgan fingerprint density at radius 2 is 1.79 bits per heavy atom. The first-order chi connectivity index (χ1) is 8.62. The van der Waals surface area contributed by atoms with E-state index in [1.54, 1.807) is 0 Å². The lowest BCUT2D eigenvalue weighted by Gasteiger charge is -2.07. The molecule has 1 amide bonds. The van der Waals surface area contributed by atoms with Crippen molar-refractivity contribution in [3.63, 3.8) is 0 Å². The van der Waals surface area contributed by atoms with Crippen LogP contribution in [0.2, 0.25) is 0 Å². The molecule has 0 bridgehead atoms. The van der Waals surface area contributed by atoms with E-state index >= 15 is 0 Å². The average Bonchev–Trinajstić information content (AvgIpc) is 2.26. The average molecular weight is 315 g/mol. The molecule has 10 heteroatoms. The van der Waals surface area contributed by atoms with Crippen LogP contribution in [0.15, 0.2) is 29.2 Å². The summed E-state index contributed by atoms with van der Waals surface area (Å²) in [6.45, 7) is 1.29. The SMILES string of the molecule is CC(=O)Nc1ccc(SOS(=O)(=O)C(F)(F)F)cc1. The molecule has 0 spiro atoms. The molecule has 0 aliphatic carbocycles. The van der Waals surface area contributed by atoms with Gasteiger partial charge >= 0.3 is 15.6 Å². The smallest absolute Gasteiger partial charge is 0.326 e. The monoisotopic (exact) mass is 315 g/mol. The zero-order chi connectivity index (χ0) is 14.7. The van der Waals surface area contributed by atoms with Gasteiger partial charge in [0.15, 0.2) is 0 Å². The second-order valence-electron chi connectivity index (χ2n) is 3.26. The second-order valence-corrected chi connectivity index (χ2v) is 5.81. The molecule has 0 atom stereocenters. The number of nitrogens with one attached hydrogen (secondary N) is 1. The van der Waals surface area contributed by atoms with Crippen LogP contribution in [0.25, 0.3) is 0 Å². The number of carbonyl (C=O) groups is 1. The predicted octanol–water partition coefficient (Wildman–Crippen LogP) is 2.52. The number of anilines is 1. The third kappa shape index (κ3) is 4.73. The zero-order valence-electron chi connectivity index (χ0n) is 9.39. The molecule has 0 aromatic heterocycles. The normalized spacial score (nSPS) is 12.2. The van der Waals surface area contributed by atoms with Crippen molar-refractivity contribution in [2.45, 2.75) is 17.3 Å². The van der Waals surface area contributed by atoms with E-state index in [-0.39, 0.29) is 22.8 Å². The molecule has 0 aliphatic heterocycles. The lowest BCUT2D eigenvalue weighted by molar-refractivity contribution is -0.114. The Balaban J connectivity index is 2.67. The molecular formula is C9H8F3NO4S2. The summed E-state index contributed by atoms with van der Waals surface area (Å²) in [6.07, 6.45) is 0. The van der Waals surface area contributed by atoms with E-state index < -0.39 is 15.6 Å². The molecule has 1 rings (SSSR count). The molecule has 1 aromatic carbocycles. The summed E-state index contributed by atoms with van der Waals surface area (Å²) in [7, 11) is -5.63. The molecule has 1 aromatic rings. The van der Waals surface area contributed by atoms with Crippen LogP contribution in [0.5, 0.6) is 0 Å². The molecule has 19 heavy (non-hydrogen) atoms. The zero-order valence-corrected chi connectivity index (χ0v) is 11.0. The first kappa shape index (κ1) is 15.8. The second kappa shape index (κ2) is 5.80. The predicted molar refractivity (Wildman–Crippen MR) is 62.7 cm³/mol. The number of halogens is 3. The summed E-state index contributed by atoms with van der Waals surface area (Å²) in [5, 5.41) is 2.44. The van der Waals surface area contributed by atoms with Gasteiger partial charge in [0.1, 0.15) is 0 Å². The fraction of sp³-hybridized carbons (Fsp3) is 0.222. The Morgan fingerprint density at radius 3 is 2.21 bits per heavy atom. The van der Waals surface area contributed by atoms with Gasteiger partial charge < -0.3 is 5.32 Å². The summed E-state index contributed by atoms with van der Waals surface area (Å²) in [4.78, 5) is 10.9. The molecule has 0 saturated heterocycles. The number of rotatable bonds is 4. The van der Waals surface area contributed by atoms with Gasteiger partial charge in [-0.1, -0.05) is 0 Å². The highest BCUT2D eigenvalue weighted by Crippen LogP contribution is 2.31. The summed E-state index contributed by atoms with van der Waals surface area (Å²) in [5.41, 5.74) is -5.04. The Labute approximate surface area is 111 Å². The molecule has 106 valence electrons. The third-order valence-electron chi connectivity index (χ3n) is 1.68. The van der Waals surface area contributed by atoms with Crippen LogP contribution in [-0.4, -0.2) is 19.8 Å². The van der Waals surface area contributed by atoms with Gasteiger partial charge in [-0.05, 0) is 24.3 Å². The van der Waals surface area contributed by atoms with E-state index in [1.807, 2.05) is 0 Å². The van der Waals surface area contributed by atoms with Gasteiger partial charge in [-0.25, -0.2) is 0 Å². The van der Waals surface area contributed by atoms with Crippen molar-refractivity contribution in [2.24, 2.45) is 0 Å². The molecule has 0 aliphatic rings. The standard InChI is InChI=1S/C9H8F3NO4S2/c1-6(14)13-7-2-4-8(5-3-7)18-17-19(15,16)9(10,11)12/h2-5H,1H3,(H,13,14). The van der Waals surface area contributed by atoms with Crippen molar-refractivity contribution in [1.82, 2.24) is 0 Å². The summed E-state index contributed by atoms with van der Waals surface area (Å²) >= 11 is 0.0612. The fourth-order valence-electron chi connectivity index (χ4n) is 0.920. The minimum Gasteiger partial charge on any atom is -0.326 e. The number of amides is 1. The molecule has 0 heterocycles. The quantitative estimate of drug-likeness (QED) is 0.683. The molecule has 0 fully saturated rings. The number of benzene rings is 1. The number of hydrogen-bond donors (Lipinski definition) is 1. The van der Waals surface area contributed by atoms with Gasteiger partial charge in [0, 0.05) is 29.5 Å². The Bertz CT molecular complexity index is 554. The molecule has 5 nitrogen and oxygen atoms in total. The molecule has 0 saturated carbocycles. The Kier molecular flexibility index (Phi) is 4.82. The van der Waals surface area contributed by atoms with Crippen LogP contribution in [-0.2, 0) is 18.5 Å². The maximum Gasteiger partial charge on any atom is 0.524 e.